The van der Waals surface area contributed by atoms with Crippen molar-refractivity contribution in [3.8, 4) is 5.75 Å². The van der Waals surface area contributed by atoms with Gasteiger partial charge in [-0.3, -0.25) is 0 Å². The Hall–Kier alpha value is -4.12. The van der Waals surface area contributed by atoms with Gasteiger partial charge in [0.1, 0.15) is 12.4 Å². The summed E-state index contributed by atoms with van der Waals surface area (Å²) in [6.45, 7) is 2.17. The van der Waals surface area contributed by atoms with Crippen molar-refractivity contribution >= 4 is 22.7 Å². The number of ether oxygens (including phenoxy) is 1. The Balaban J connectivity index is 1.54. The number of carboxylic acid groups (broad SMARTS) is 1. The molecule has 0 aliphatic rings. The van der Waals surface area contributed by atoms with Crippen LogP contribution in [0.5, 0.6) is 5.75 Å². The number of carbonyl (C=O) groups excluding carboxylic acids is 1. The third kappa shape index (κ3) is 4.62. The number of hydrogen-bond acceptors (Lipinski definition) is 4. The van der Waals surface area contributed by atoms with Crippen molar-refractivity contribution in [2.45, 2.75) is 20.0 Å². The summed E-state index contributed by atoms with van der Waals surface area (Å²) in [6, 6.07) is 23.1. The van der Waals surface area contributed by atoms with Crippen molar-refractivity contribution in [2.75, 3.05) is 0 Å². The minimum atomic E-state index is -0.980. The van der Waals surface area contributed by atoms with Crippen LogP contribution in [0.1, 0.15) is 43.0 Å². The van der Waals surface area contributed by atoms with E-state index in [1.165, 1.54) is 12.1 Å². The molecule has 160 valence electrons. The van der Waals surface area contributed by atoms with Crippen molar-refractivity contribution in [3.05, 3.63) is 112 Å². The third-order valence-corrected chi connectivity index (χ3v) is 5.40. The standard InChI is InChI=1S/C27H22O5/c1-17-2-4-19(5-3-17)16-32-27(31)23-13-11-20-10-12-22(25(28)24(20)15-23)14-18-6-8-21(9-7-18)26(29)30/h2-13,15,28H,14,16H2,1H3,(H,29,30). The van der Waals surface area contributed by atoms with E-state index in [2.05, 4.69) is 0 Å². The quantitative estimate of drug-likeness (QED) is 0.398. The van der Waals surface area contributed by atoms with Crippen LogP contribution in [0.2, 0.25) is 0 Å². The van der Waals surface area contributed by atoms with Gasteiger partial charge in [-0.15, -0.1) is 0 Å². The summed E-state index contributed by atoms with van der Waals surface area (Å²) in [6.07, 6.45) is 0.434. The summed E-state index contributed by atoms with van der Waals surface area (Å²) >= 11 is 0. The Morgan fingerprint density at radius 3 is 2.12 bits per heavy atom. The summed E-state index contributed by atoms with van der Waals surface area (Å²) in [4.78, 5) is 23.6. The van der Waals surface area contributed by atoms with E-state index in [0.29, 0.717) is 22.9 Å². The molecule has 0 saturated heterocycles. The Labute approximate surface area is 185 Å². The summed E-state index contributed by atoms with van der Waals surface area (Å²) in [5, 5.41) is 21.3. The van der Waals surface area contributed by atoms with Gasteiger partial charge in [0.15, 0.2) is 0 Å². The number of phenolic OH excluding ortho intramolecular Hbond substituents is 1. The van der Waals surface area contributed by atoms with Crippen molar-refractivity contribution in [1.29, 1.82) is 0 Å². The van der Waals surface area contributed by atoms with Crippen LogP contribution >= 0.6 is 0 Å². The zero-order valence-corrected chi connectivity index (χ0v) is 17.5. The molecular formula is C27H22O5. The number of aromatic carboxylic acids is 1. The lowest BCUT2D eigenvalue weighted by Gasteiger charge is -2.10. The Kier molecular flexibility index (Phi) is 5.90. The highest BCUT2D eigenvalue weighted by molar-refractivity contribution is 5.98. The Morgan fingerprint density at radius 2 is 1.44 bits per heavy atom. The molecule has 4 rings (SSSR count). The number of carbonyl (C=O) groups is 2. The van der Waals surface area contributed by atoms with Gasteiger partial charge < -0.3 is 14.9 Å². The van der Waals surface area contributed by atoms with Crippen LogP contribution in [0.4, 0.5) is 0 Å². The van der Waals surface area contributed by atoms with E-state index in [1.54, 1.807) is 30.3 Å². The van der Waals surface area contributed by atoms with Crippen LogP contribution < -0.4 is 0 Å². The van der Waals surface area contributed by atoms with Crippen molar-refractivity contribution in [1.82, 2.24) is 0 Å². The third-order valence-electron chi connectivity index (χ3n) is 5.40. The predicted octanol–water partition coefficient (Wildman–Crippen LogP) is 5.50. The Bertz CT molecular complexity index is 1290. The minimum absolute atomic E-state index is 0.0954. The first kappa shape index (κ1) is 21.1. The number of esters is 1. The maximum atomic E-state index is 12.6. The molecule has 0 spiro atoms. The molecule has 2 N–H and O–H groups in total. The molecule has 0 heterocycles. The van der Waals surface area contributed by atoms with Crippen LogP contribution in [0.15, 0.2) is 78.9 Å². The summed E-state index contributed by atoms with van der Waals surface area (Å²) in [7, 11) is 0. The van der Waals surface area contributed by atoms with Gasteiger partial charge in [-0.05, 0) is 53.3 Å². The summed E-state index contributed by atoms with van der Waals surface area (Å²) in [5.41, 5.74) is 4.18. The molecule has 32 heavy (non-hydrogen) atoms. The highest BCUT2D eigenvalue weighted by Crippen LogP contribution is 2.31. The molecule has 0 bridgehead atoms. The molecule has 0 aliphatic carbocycles. The van der Waals surface area contributed by atoms with E-state index in [4.69, 9.17) is 9.84 Å². The minimum Gasteiger partial charge on any atom is -0.507 e. The molecule has 0 amide bonds. The smallest absolute Gasteiger partial charge is 0.338 e. The number of carboxylic acids is 1. The maximum absolute atomic E-state index is 12.6. The number of hydrogen-bond donors (Lipinski definition) is 2. The van der Waals surface area contributed by atoms with E-state index in [9.17, 15) is 14.7 Å². The number of aryl methyl sites for hydroxylation is 1. The highest BCUT2D eigenvalue weighted by atomic mass is 16.5. The van der Waals surface area contributed by atoms with E-state index in [0.717, 1.165) is 22.1 Å². The molecule has 0 saturated carbocycles. The molecule has 4 aromatic rings. The molecular weight excluding hydrogens is 404 g/mol. The van der Waals surface area contributed by atoms with Crippen LogP contribution in [0.3, 0.4) is 0 Å². The van der Waals surface area contributed by atoms with Crippen LogP contribution in [-0.2, 0) is 17.8 Å². The monoisotopic (exact) mass is 426 g/mol. The zero-order valence-electron chi connectivity index (χ0n) is 17.5. The van der Waals surface area contributed by atoms with Gasteiger partial charge in [0.25, 0.3) is 0 Å². The van der Waals surface area contributed by atoms with Gasteiger partial charge in [0.2, 0.25) is 0 Å². The molecule has 0 atom stereocenters. The highest BCUT2D eigenvalue weighted by Gasteiger charge is 2.13. The molecule has 0 unspecified atom stereocenters. The fraction of sp³-hybridized carbons (Fsp3) is 0.111. The van der Waals surface area contributed by atoms with E-state index < -0.39 is 11.9 Å². The number of benzene rings is 4. The van der Waals surface area contributed by atoms with E-state index >= 15 is 0 Å². The van der Waals surface area contributed by atoms with E-state index in [-0.39, 0.29) is 17.9 Å². The maximum Gasteiger partial charge on any atom is 0.338 e. The predicted molar refractivity (Wildman–Crippen MR) is 122 cm³/mol. The normalized spacial score (nSPS) is 10.8. The van der Waals surface area contributed by atoms with Gasteiger partial charge in [-0.2, -0.15) is 0 Å². The Morgan fingerprint density at radius 1 is 0.812 bits per heavy atom. The largest absolute Gasteiger partial charge is 0.507 e. The molecule has 0 fully saturated rings. The average Bonchev–Trinajstić information content (AvgIpc) is 2.80. The van der Waals surface area contributed by atoms with E-state index in [1.807, 2.05) is 43.3 Å². The first-order chi connectivity index (χ1) is 15.4. The first-order valence-electron chi connectivity index (χ1n) is 10.2. The topological polar surface area (TPSA) is 83.8 Å². The van der Waals surface area contributed by atoms with Gasteiger partial charge in [0.05, 0.1) is 11.1 Å². The van der Waals surface area contributed by atoms with Gasteiger partial charge in [-0.1, -0.05) is 60.2 Å². The van der Waals surface area contributed by atoms with Crippen LogP contribution in [0, 0.1) is 6.92 Å². The summed E-state index contributed by atoms with van der Waals surface area (Å²) in [5.74, 6) is -1.34. The van der Waals surface area contributed by atoms with Crippen molar-refractivity contribution in [2.24, 2.45) is 0 Å². The number of rotatable bonds is 6. The molecule has 0 aromatic heterocycles. The van der Waals surface area contributed by atoms with Gasteiger partial charge in [-0.25, -0.2) is 9.59 Å². The second kappa shape index (κ2) is 8.94. The summed E-state index contributed by atoms with van der Waals surface area (Å²) < 4.78 is 5.43. The molecule has 4 aromatic carbocycles. The number of fused-ring (bicyclic) bond motifs is 1. The van der Waals surface area contributed by atoms with Gasteiger partial charge >= 0.3 is 11.9 Å². The van der Waals surface area contributed by atoms with Crippen LogP contribution in [0.25, 0.3) is 10.8 Å². The molecule has 0 aliphatic heterocycles. The lowest BCUT2D eigenvalue weighted by atomic mass is 9.98. The molecule has 0 radical (unpaired) electrons. The lowest BCUT2D eigenvalue weighted by molar-refractivity contribution is 0.0472. The zero-order chi connectivity index (χ0) is 22.7. The fourth-order valence-electron chi connectivity index (χ4n) is 3.52. The van der Waals surface area contributed by atoms with Crippen molar-refractivity contribution < 1.29 is 24.5 Å². The fourth-order valence-corrected chi connectivity index (χ4v) is 3.52. The second-order valence-corrected chi connectivity index (χ2v) is 7.75. The lowest BCUT2D eigenvalue weighted by Crippen LogP contribution is -2.05. The second-order valence-electron chi connectivity index (χ2n) is 7.75. The SMILES string of the molecule is Cc1ccc(COC(=O)c2ccc3ccc(Cc4ccc(C(=O)O)cc4)c(O)c3c2)cc1. The first-order valence-corrected chi connectivity index (χ1v) is 10.2. The molecule has 5 nitrogen and oxygen atoms in total. The molecule has 5 heteroatoms. The van der Waals surface area contributed by atoms with Crippen molar-refractivity contribution in [3.63, 3.8) is 0 Å². The van der Waals surface area contributed by atoms with Crippen LogP contribution in [-0.4, -0.2) is 22.2 Å². The number of phenols is 1. The average molecular weight is 426 g/mol. The number of aromatic hydroxyl groups is 1. The van der Waals surface area contributed by atoms with Gasteiger partial charge in [0, 0.05) is 11.8 Å².